The summed E-state index contributed by atoms with van der Waals surface area (Å²) in [5.74, 6) is -2.60. The predicted octanol–water partition coefficient (Wildman–Crippen LogP) is 4.81. The topological polar surface area (TPSA) is 52.7 Å². The summed E-state index contributed by atoms with van der Waals surface area (Å²) in [4.78, 5) is 0. The lowest BCUT2D eigenvalue weighted by molar-refractivity contribution is 0.512. The van der Waals surface area contributed by atoms with Crippen molar-refractivity contribution in [1.82, 2.24) is 10.2 Å². The second-order valence-electron chi connectivity index (χ2n) is 5.99. The predicted molar refractivity (Wildman–Crippen MR) is 90.3 cm³/mol. The fourth-order valence-electron chi connectivity index (χ4n) is 2.58. The maximum Gasteiger partial charge on any atom is 0.184 e. The van der Waals surface area contributed by atoms with Gasteiger partial charge in [-0.05, 0) is 43.2 Å². The maximum absolute atomic E-state index is 14.4. The van der Waals surface area contributed by atoms with E-state index < -0.39 is 17.5 Å². The van der Waals surface area contributed by atoms with Gasteiger partial charge in [-0.25, -0.2) is 13.2 Å². The number of aromatic nitrogens is 2. The first-order valence-electron chi connectivity index (χ1n) is 7.92. The van der Waals surface area contributed by atoms with Crippen LogP contribution in [0.3, 0.4) is 0 Å². The van der Waals surface area contributed by atoms with Crippen LogP contribution in [0.5, 0.6) is 0 Å². The van der Waals surface area contributed by atoms with E-state index in [4.69, 9.17) is 0 Å². The third kappa shape index (κ3) is 3.17. The molecule has 25 heavy (non-hydrogen) atoms. The van der Waals surface area contributed by atoms with Crippen molar-refractivity contribution in [3.63, 3.8) is 0 Å². The number of rotatable bonds is 5. The van der Waals surface area contributed by atoms with Crippen molar-refractivity contribution in [2.75, 3.05) is 10.6 Å². The summed E-state index contributed by atoms with van der Waals surface area (Å²) in [6.45, 7) is 0. The molecule has 3 aromatic rings. The molecule has 1 aliphatic carbocycles. The smallest absolute Gasteiger partial charge is 0.184 e. The number of anilines is 3. The Morgan fingerprint density at radius 3 is 2.44 bits per heavy atom. The highest BCUT2D eigenvalue weighted by atomic mass is 19.2. The van der Waals surface area contributed by atoms with Crippen LogP contribution in [-0.4, -0.2) is 16.2 Å². The van der Waals surface area contributed by atoms with Gasteiger partial charge in [-0.1, -0.05) is 6.07 Å². The number of hydrogen-bond acceptors (Lipinski definition) is 3. The summed E-state index contributed by atoms with van der Waals surface area (Å²) in [6, 6.07) is 8.94. The van der Waals surface area contributed by atoms with Crippen LogP contribution in [0.1, 0.15) is 12.8 Å². The van der Waals surface area contributed by atoms with Crippen LogP contribution in [0.25, 0.3) is 11.3 Å². The largest absolute Gasteiger partial charge is 0.381 e. The van der Waals surface area contributed by atoms with E-state index in [2.05, 4.69) is 20.8 Å². The van der Waals surface area contributed by atoms with E-state index >= 15 is 0 Å². The van der Waals surface area contributed by atoms with Crippen molar-refractivity contribution in [2.24, 2.45) is 0 Å². The number of nitrogens with zero attached hydrogens (tertiary/aromatic N) is 1. The van der Waals surface area contributed by atoms with Crippen molar-refractivity contribution in [2.45, 2.75) is 18.9 Å². The molecule has 1 heterocycles. The summed E-state index contributed by atoms with van der Waals surface area (Å²) in [7, 11) is 0. The van der Waals surface area contributed by atoms with Gasteiger partial charge in [-0.15, -0.1) is 0 Å². The monoisotopic (exact) mass is 344 g/mol. The number of nitrogens with one attached hydrogen (secondary N) is 3. The Morgan fingerprint density at radius 2 is 1.76 bits per heavy atom. The third-order valence-electron chi connectivity index (χ3n) is 4.07. The Labute approximate surface area is 142 Å². The molecule has 0 amide bonds. The molecule has 1 saturated carbocycles. The molecular weight excluding hydrogens is 329 g/mol. The second-order valence-corrected chi connectivity index (χ2v) is 5.99. The van der Waals surface area contributed by atoms with E-state index in [0.717, 1.165) is 18.9 Å². The summed E-state index contributed by atoms with van der Waals surface area (Å²) in [5.41, 5.74) is 1.65. The molecule has 128 valence electrons. The second kappa shape index (κ2) is 6.16. The summed E-state index contributed by atoms with van der Waals surface area (Å²) < 4.78 is 42.3. The molecule has 0 radical (unpaired) electrons. The van der Waals surface area contributed by atoms with Crippen LogP contribution in [0.15, 0.2) is 42.6 Å². The van der Waals surface area contributed by atoms with Crippen LogP contribution in [0.2, 0.25) is 0 Å². The minimum absolute atomic E-state index is 0.0617. The van der Waals surface area contributed by atoms with Crippen LogP contribution in [-0.2, 0) is 0 Å². The molecule has 7 heteroatoms. The molecule has 0 bridgehead atoms. The molecule has 1 aliphatic rings. The van der Waals surface area contributed by atoms with Gasteiger partial charge >= 0.3 is 0 Å². The van der Waals surface area contributed by atoms with Crippen LogP contribution < -0.4 is 10.6 Å². The number of H-pyrrole nitrogens is 1. The van der Waals surface area contributed by atoms with Gasteiger partial charge in [0.15, 0.2) is 11.6 Å². The van der Waals surface area contributed by atoms with Crippen molar-refractivity contribution < 1.29 is 13.2 Å². The van der Waals surface area contributed by atoms with Crippen LogP contribution in [0.4, 0.5) is 30.2 Å². The fraction of sp³-hybridized carbons (Fsp3) is 0.167. The van der Waals surface area contributed by atoms with Gasteiger partial charge in [-0.3, -0.25) is 5.10 Å². The maximum atomic E-state index is 14.4. The fourth-order valence-corrected chi connectivity index (χ4v) is 2.58. The standard InChI is InChI=1S/C18H15F3N4/c19-12-4-6-16(23-11-2-3-11)18(17(12)21)24-15-5-1-10(9-13(15)20)14-7-8-22-25-14/h1,4-9,11,23-24H,2-3H2,(H,22,25). The molecular formula is C18H15F3N4. The van der Waals surface area contributed by atoms with Gasteiger partial charge in [0.05, 0.1) is 17.1 Å². The van der Waals surface area contributed by atoms with Crippen LogP contribution in [0, 0.1) is 17.5 Å². The summed E-state index contributed by atoms with van der Waals surface area (Å²) in [5, 5.41) is 12.4. The Bertz CT molecular complexity index is 905. The number of halogens is 3. The van der Waals surface area contributed by atoms with E-state index in [9.17, 15) is 13.2 Å². The van der Waals surface area contributed by atoms with Crippen molar-refractivity contribution in [1.29, 1.82) is 0 Å². The third-order valence-corrected chi connectivity index (χ3v) is 4.07. The first-order valence-corrected chi connectivity index (χ1v) is 7.92. The van der Waals surface area contributed by atoms with Gasteiger partial charge < -0.3 is 10.6 Å². The van der Waals surface area contributed by atoms with Crippen molar-refractivity contribution in [3.8, 4) is 11.3 Å². The highest BCUT2D eigenvalue weighted by Crippen LogP contribution is 2.35. The van der Waals surface area contributed by atoms with Gasteiger partial charge in [0, 0.05) is 17.8 Å². The van der Waals surface area contributed by atoms with Gasteiger partial charge in [0.1, 0.15) is 11.5 Å². The number of benzene rings is 2. The Balaban J connectivity index is 1.66. The molecule has 0 saturated heterocycles. The van der Waals surface area contributed by atoms with E-state index in [1.165, 1.54) is 18.2 Å². The highest BCUT2D eigenvalue weighted by molar-refractivity contribution is 5.76. The molecule has 0 spiro atoms. The molecule has 4 rings (SSSR count). The van der Waals surface area contributed by atoms with Crippen LogP contribution >= 0.6 is 0 Å². The molecule has 3 N–H and O–H groups in total. The molecule has 1 fully saturated rings. The zero-order valence-corrected chi connectivity index (χ0v) is 13.1. The van der Waals surface area contributed by atoms with Crippen molar-refractivity contribution in [3.05, 3.63) is 60.0 Å². The lowest BCUT2D eigenvalue weighted by Crippen LogP contribution is -2.07. The van der Waals surface area contributed by atoms with E-state index in [1.807, 2.05) is 0 Å². The zero-order valence-electron chi connectivity index (χ0n) is 13.1. The first-order chi connectivity index (χ1) is 12.1. The molecule has 0 atom stereocenters. The number of aromatic amines is 1. The van der Waals surface area contributed by atoms with E-state index in [0.29, 0.717) is 16.9 Å². The molecule has 0 aliphatic heterocycles. The molecule has 2 aromatic carbocycles. The molecule has 0 unspecified atom stereocenters. The highest BCUT2D eigenvalue weighted by Gasteiger charge is 2.24. The number of hydrogen-bond donors (Lipinski definition) is 3. The Kier molecular flexibility index (Phi) is 3.83. The first kappa shape index (κ1) is 15.6. The van der Waals surface area contributed by atoms with Gasteiger partial charge in [0.25, 0.3) is 0 Å². The van der Waals surface area contributed by atoms with Gasteiger partial charge in [0.2, 0.25) is 0 Å². The molecule has 4 nitrogen and oxygen atoms in total. The molecule has 1 aromatic heterocycles. The van der Waals surface area contributed by atoms with Gasteiger partial charge in [-0.2, -0.15) is 5.10 Å². The quantitative estimate of drug-likeness (QED) is 0.622. The minimum atomic E-state index is -1.04. The van der Waals surface area contributed by atoms with Crippen molar-refractivity contribution >= 4 is 17.1 Å². The van der Waals surface area contributed by atoms with E-state index in [1.54, 1.807) is 18.3 Å². The average Bonchev–Trinajstić information content (AvgIpc) is 3.25. The van der Waals surface area contributed by atoms with E-state index in [-0.39, 0.29) is 17.4 Å². The Hall–Kier alpha value is -2.96. The Morgan fingerprint density at radius 1 is 0.960 bits per heavy atom. The lowest BCUT2D eigenvalue weighted by atomic mass is 10.1. The zero-order chi connectivity index (χ0) is 17.4. The summed E-state index contributed by atoms with van der Waals surface area (Å²) >= 11 is 0. The summed E-state index contributed by atoms with van der Waals surface area (Å²) in [6.07, 6.45) is 3.52. The normalized spacial score (nSPS) is 13.7. The lowest BCUT2D eigenvalue weighted by Gasteiger charge is -2.15. The average molecular weight is 344 g/mol. The minimum Gasteiger partial charge on any atom is -0.381 e. The SMILES string of the molecule is Fc1cc(-c2ccn[nH]2)ccc1Nc1c(NC2CC2)ccc(F)c1F.